The van der Waals surface area contributed by atoms with Gasteiger partial charge in [-0.3, -0.25) is 4.98 Å². The maximum Gasteiger partial charge on any atom is 0.499 e. The second-order valence-electron chi connectivity index (χ2n) is 7.71. The monoisotopic (exact) mass is 436 g/mol. The average Bonchev–Trinajstić information content (AvgIpc) is 2.74. The van der Waals surface area contributed by atoms with E-state index in [1.54, 1.807) is 18.3 Å². The summed E-state index contributed by atoms with van der Waals surface area (Å²) in [5, 5.41) is 1.07. The zero-order valence-electron chi connectivity index (χ0n) is 16.6. The third kappa shape index (κ3) is 4.57. The van der Waals surface area contributed by atoms with Crippen molar-refractivity contribution < 1.29 is 26.7 Å². The van der Waals surface area contributed by atoms with Crippen molar-refractivity contribution in [2.24, 2.45) is 5.92 Å². The minimum absolute atomic E-state index is 0.161. The molecular formula is C23H21F5N2O. The van der Waals surface area contributed by atoms with Crippen molar-refractivity contribution in [3.8, 4) is 5.75 Å². The Morgan fingerprint density at radius 3 is 2.39 bits per heavy atom. The molecule has 0 amide bonds. The Morgan fingerprint density at radius 2 is 1.65 bits per heavy atom. The van der Waals surface area contributed by atoms with Gasteiger partial charge >= 0.3 is 12.3 Å². The molecule has 3 nitrogen and oxygen atoms in total. The van der Waals surface area contributed by atoms with Crippen LogP contribution >= 0.6 is 0 Å². The molecule has 0 saturated carbocycles. The van der Waals surface area contributed by atoms with Gasteiger partial charge in [0.25, 0.3) is 0 Å². The van der Waals surface area contributed by atoms with E-state index in [4.69, 9.17) is 0 Å². The summed E-state index contributed by atoms with van der Waals surface area (Å²) in [6.45, 7) is 1.53. The molecule has 1 aliphatic heterocycles. The van der Waals surface area contributed by atoms with Crippen LogP contribution in [0, 0.1) is 5.92 Å². The highest BCUT2D eigenvalue weighted by Gasteiger charge is 2.61. The highest BCUT2D eigenvalue weighted by atomic mass is 19.4. The smallest absolute Gasteiger partial charge is 0.425 e. The molecule has 31 heavy (non-hydrogen) atoms. The second kappa shape index (κ2) is 8.32. The summed E-state index contributed by atoms with van der Waals surface area (Å²) in [6.07, 6.45) is -7.27. The Balaban J connectivity index is 1.44. The van der Waals surface area contributed by atoms with Gasteiger partial charge in [0.1, 0.15) is 5.75 Å². The number of piperidine rings is 1. The van der Waals surface area contributed by atoms with Gasteiger partial charge in [0.05, 0.1) is 5.52 Å². The number of nitrogens with zero attached hydrogens (tertiary/aromatic N) is 2. The number of halogens is 5. The lowest BCUT2D eigenvalue weighted by molar-refractivity contribution is -0.360. The molecule has 0 atom stereocenters. The van der Waals surface area contributed by atoms with E-state index >= 15 is 0 Å². The van der Waals surface area contributed by atoms with Gasteiger partial charge in [-0.15, -0.1) is 0 Å². The van der Waals surface area contributed by atoms with Crippen LogP contribution in [-0.2, 0) is 6.42 Å². The number of alkyl halides is 5. The topological polar surface area (TPSA) is 25.4 Å². The van der Waals surface area contributed by atoms with E-state index in [-0.39, 0.29) is 5.92 Å². The van der Waals surface area contributed by atoms with E-state index in [2.05, 4.69) is 14.6 Å². The number of aromatic nitrogens is 1. The molecule has 2 heterocycles. The molecular weight excluding hydrogens is 415 g/mol. The van der Waals surface area contributed by atoms with E-state index in [1.807, 2.05) is 30.3 Å². The lowest BCUT2D eigenvalue weighted by Crippen LogP contribution is -2.42. The van der Waals surface area contributed by atoms with Crippen molar-refractivity contribution in [3.05, 3.63) is 66.4 Å². The summed E-state index contributed by atoms with van der Waals surface area (Å²) in [6, 6.07) is 15.6. The fourth-order valence-corrected chi connectivity index (χ4v) is 4.02. The normalized spacial score (nSPS) is 16.0. The molecule has 0 radical (unpaired) electrons. The highest BCUT2D eigenvalue weighted by Crippen LogP contribution is 2.39. The van der Waals surface area contributed by atoms with Gasteiger partial charge in [-0.05, 0) is 61.1 Å². The van der Waals surface area contributed by atoms with Gasteiger partial charge in [0.2, 0.25) is 0 Å². The molecule has 4 rings (SSSR count). The Kier molecular flexibility index (Phi) is 5.73. The highest BCUT2D eigenvalue weighted by molar-refractivity contribution is 5.91. The fraction of sp³-hybridized carbons (Fsp3) is 0.348. The second-order valence-corrected chi connectivity index (χ2v) is 7.71. The van der Waals surface area contributed by atoms with E-state index in [0.29, 0.717) is 12.0 Å². The van der Waals surface area contributed by atoms with Crippen molar-refractivity contribution in [1.29, 1.82) is 0 Å². The Hall–Kier alpha value is -2.90. The van der Waals surface area contributed by atoms with Crippen molar-refractivity contribution in [1.82, 2.24) is 4.98 Å². The lowest BCUT2D eigenvalue weighted by Gasteiger charge is -2.34. The van der Waals surface area contributed by atoms with Crippen LogP contribution in [0.5, 0.6) is 5.75 Å². The number of hydrogen-bond donors (Lipinski definition) is 0. The summed E-state index contributed by atoms with van der Waals surface area (Å²) in [7, 11) is 0. The number of rotatable bonds is 5. The molecule has 164 valence electrons. The standard InChI is InChI=1S/C23H21F5N2O/c24-22(25,26)23(27,28)31-21-9-2-1-5-17(21)15-16-10-13-30(14-11-16)20-8-3-7-19-18(20)6-4-12-29-19/h1-9,12,16H,10-11,13-15H2. The Bertz CT molecular complexity index is 1040. The molecule has 0 spiro atoms. The summed E-state index contributed by atoms with van der Waals surface area (Å²) in [4.78, 5) is 6.65. The predicted octanol–water partition coefficient (Wildman–Crippen LogP) is 6.23. The van der Waals surface area contributed by atoms with Crippen molar-refractivity contribution in [2.45, 2.75) is 31.5 Å². The Morgan fingerprint density at radius 1 is 0.903 bits per heavy atom. The maximum absolute atomic E-state index is 13.4. The number of hydrogen-bond acceptors (Lipinski definition) is 3. The molecule has 0 N–H and O–H groups in total. The summed E-state index contributed by atoms with van der Waals surface area (Å²) in [5.41, 5.74) is 2.37. The van der Waals surface area contributed by atoms with Crippen molar-refractivity contribution >= 4 is 16.6 Å². The molecule has 0 bridgehead atoms. The molecule has 8 heteroatoms. The van der Waals surface area contributed by atoms with Gasteiger partial charge in [-0.2, -0.15) is 22.0 Å². The van der Waals surface area contributed by atoms with Gasteiger partial charge in [-0.1, -0.05) is 24.3 Å². The lowest BCUT2D eigenvalue weighted by atomic mass is 9.89. The largest absolute Gasteiger partial charge is 0.499 e. The molecule has 0 aliphatic carbocycles. The third-order valence-electron chi connectivity index (χ3n) is 5.63. The molecule has 1 fully saturated rings. The molecule has 1 aliphatic rings. The predicted molar refractivity (Wildman–Crippen MR) is 108 cm³/mol. The molecule has 1 saturated heterocycles. The number of ether oxygens (including phenoxy) is 1. The zero-order valence-corrected chi connectivity index (χ0v) is 16.6. The van der Waals surface area contributed by atoms with Crippen LogP contribution < -0.4 is 9.64 Å². The van der Waals surface area contributed by atoms with Crippen LogP contribution in [0.4, 0.5) is 27.6 Å². The van der Waals surface area contributed by atoms with Crippen LogP contribution in [0.15, 0.2) is 60.8 Å². The first-order valence-corrected chi connectivity index (χ1v) is 10.0. The van der Waals surface area contributed by atoms with Gasteiger partial charge in [-0.25, -0.2) is 0 Å². The van der Waals surface area contributed by atoms with Gasteiger partial charge in [0.15, 0.2) is 0 Å². The quantitative estimate of drug-likeness (QED) is 0.444. The van der Waals surface area contributed by atoms with Crippen LogP contribution in [0.1, 0.15) is 18.4 Å². The minimum Gasteiger partial charge on any atom is -0.425 e. The third-order valence-corrected chi connectivity index (χ3v) is 5.63. The van der Waals surface area contributed by atoms with Gasteiger partial charge in [0, 0.05) is 30.4 Å². The maximum atomic E-state index is 13.4. The van der Waals surface area contributed by atoms with Crippen molar-refractivity contribution in [3.63, 3.8) is 0 Å². The minimum atomic E-state index is -5.77. The first-order valence-electron chi connectivity index (χ1n) is 10.0. The summed E-state index contributed by atoms with van der Waals surface area (Å²) in [5.74, 6) is -0.263. The van der Waals surface area contributed by atoms with Crippen LogP contribution in [0.2, 0.25) is 0 Å². The SMILES string of the molecule is FC(F)(F)C(F)(F)Oc1ccccc1CC1CCN(c2cccc3ncccc23)CC1. The van der Waals surface area contributed by atoms with Crippen LogP contribution in [-0.4, -0.2) is 30.4 Å². The first kappa shape index (κ1) is 21.3. The van der Waals surface area contributed by atoms with E-state index < -0.39 is 18.0 Å². The number of anilines is 1. The van der Waals surface area contributed by atoms with Crippen LogP contribution in [0.25, 0.3) is 10.9 Å². The zero-order chi connectivity index (χ0) is 22.1. The van der Waals surface area contributed by atoms with E-state index in [9.17, 15) is 22.0 Å². The average molecular weight is 436 g/mol. The summed E-state index contributed by atoms with van der Waals surface area (Å²) >= 11 is 0. The number of fused-ring (bicyclic) bond motifs is 1. The number of para-hydroxylation sites is 1. The summed E-state index contributed by atoms with van der Waals surface area (Å²) < 4.78 is 68.5. The van der Waals surface area contributed by atoms with E-state index in [0.717, 1.165) is 48.6 Å². The molecule has 3 aromatic rings. The van der Waals surface area contributed by atoms with Crippen LogP contribution in [0.3, 0.4) is 0 Å². The first-order chi connectivity index (χ1) is 14.7. The van der Waals surface area contributed by atoms with Gasteiger partial charge < -0.3 is 9.64 Å². The van der Waals surface area contributed by atoms with E-state index in [1.165, 1.54) is 6.07 Å². The fourth-order valence-electron chi connectivity index (χ4n) is 4.02. The van der Waals surface area contributed by atoms with Crippen molar-refractivity contribution in [2.75, 3.05) is 18.0 Å². The number of benzene rings is 2. The molecule has 2 aromatic carbocycles. The molecule has 1 aromatic heterocycles. The Labute approximate surface area is 176 Å². The molecule has 0 unspecified atom stereocenters. The number of pyridine rings is 1.